The van der Waals surface area contributed by atoms with E-state index in [1.54, 1.807) is 0 Å². The Kier molecular flexibility index (Phi) is 6.70. The quantitative estimate of drug-likeness (QED) is 0.558. The van der Waals surface area contributed by atoms with E-state index in [2.05, 4.69) is 0 Å². The Bertz CT molecular complexity index is 124. The number of carbonyl (C=O) groups is 1. The Morgan fingerprint density at radius 1 is 1.50 bits per heavy atom. The van der Waals surface area contributed by atoms with Crippen LogP contribution in [0.2, 0.25) is 0 Å². The van der Waals surface area contributed by atoms with Gasteiger partial charge in [0.1, 0.15) is 6.61 Å². The monoisotopic (exact) mass is 176 g/mol. The third-order valence-corrected chi connectivity index (χ3v) is 1.44. The first-order valence-corrected chi connectivity index (χ1v) is 4.14. The molecule has 4 heteroatoms. The zero-order chi connectivity index (χ0) is 9.40. The molecule has 4 nitrogen and oxygen atoms in total. The Balaban J connectivity index is 3.13. The summed E-state index contributed by atoms with van der Waals surface area (Å²) in [5, 5.41) is 17.4. The van der Waals surface area contributed by atoms with Crippen molar-refractivity contribution >= 4 is 5.97 Å². The van der Waals surface area contributed by atoms with Crippen LogP contribution in [0, 0.1) is 0 Å². The van der Waals surface area contributed by atoms with Gasteiger partial charge in [-0.1, -0.05) is 13.3 Å². The molecule has 0 aromatic carbocycles. The van der Waals surface area contributed by atoms with Crippen molar-refractivity contribution in [3.63, 3.8) is 0 Å². The molecule has 0 heterocycles. The summed E-state index contributed by atoms with van der Waals surface area (Å²) in [6, 6.07) is 0. The number of hydrogen-bond acceptors (Lipinski definition) is 3. The highest BCUT2D eigenvalue weighted by Crippen LogP contribution is 2.00. The minimum absolute atomic E-state index is 0.279. The highest BCUT2D eigenvalue weighted by Gasteiger charge is 2.02. The molecule has 0 aromatic heterocycles. The van der Waals surface area contributed by atoms with Gasteiger partial charge in [0.25, 0.3) is 0 Å². The van der Waals surface area contributed by atoms with Crippen LogP contribution in [0.4, 0.5) is 0 Å². The van der Waals surface area contributed by atoms with E-state index in [0.29, 0.717) is 13.0 Å². The first kappa shape index (κ1) is 11.4. The van der Waals surface area contributed by atoms with Gasteiger partial charge >= 0.3 is 5.97 Å². The third kappa shape index (κ3) is 7.50. The first-order valence-electron chi connectivity index (χ1n) is 4.14. The van der Waals surface area contributed by atoms with Gasteiger partial charge in [-0.3, -0.25) is 0 Å². The number of aliphatic hydroxyl groups is 1. The lowest BCUT2D eigenvalue weighted by atomic mass is 10.1. The van der Waals surface area contributed by atoms with Crippen LogP contribution >= 0.6 is 0 Å². The van der Waals surface area contributed by atoms with E-state index in [9.17, 15) is 9.90 Å². The van der Waals surface area contributed by atoms with Gasteiger partial charge < -0.3 is 14.9 Å². The summed E-state index contributed by atoms with van der Waals surface area (Å²) < 4.78 is 4.75. The molecule has 0 amide bonds. The van der Waals surface area contributed by atoms with Crippen molar-refractivity contribution in [1.29, 1.82) is 0 Å². The fourth-order valence-corrected chi connectivity index (χ4v) is 0.856. The maximum atomic E-state index is 9.98. The van der Waals surface area contributed by atoms with E-state index in [-0.39, 0.29) is 12.7 Å². The van der Waals surface area contributed by atoms with Crippen LogP contribution in [0.1, 0.15) is 26.2 Å². The van der Waals surface area contributed by atoms with E-state index in [1.165, 1.54) is 0 Å². The molecular formula is C8H16O4. The van der Waals surface area contributed by atoms with Crippen molar-refractivity contribution in [2.24, 2.45) is 0 Å². The summed E-state index contributed by atoms with van der Waals surface area (Å²) in [7, 11) is 0. The van der Waals surface area contributed by atoms with Crippen LogP contribution in [0.5, 0.6) is 0 Å². The average Bonchev–Trinajstić information content (AvgIpc) is 1.98. The van der Waals surface area contributed by atoms with Crippen molar-refractivity contribution in [3.05, 3.63) is 0 Å². The zero-order valence-corrected chi connectivity index (χ0v) is 7.32. The molecule has 12 heavy (non-hydrogen) atoms. The molecule has 0 aromatic rings. The first-order chi connectivity index (χ1) is 5.66. The number of carboxylic acids is 1. The Hall–Kier alpha value is -0.610. The molecule has 0 saturated heterocycles. The van der Waals surface area contributed by atoms with Gasteiger partial charge in [0.2, 0.25) is 0 Å². The fraction of sp³-hybridized carbons (Fsp3) is 0.875. The van der Waals surface area contributed by atoms with Crippen molar-refractivity contribution in [2.75, 3.05) is 13.2 Å². The van der Waals surface area contributed by atoms with Crippen LogP contribution in [-0.4, -0.2) is 35.5 Å². The molecule has 0 aliphatic heterocycles. The van der Waals surface area contributed by atoms with Crippen LogP contribution in [-0.2, 0) is 9.53 Å². The van der Waals surface area contributed by atoms with Crippen LogP contribution in [0.15, 0.2) is 0 Å². The largest absolute Gasteiger partial charge is 0.480 e. The minimum Gasteiger partial charge on any atom is -0.480 e. The van der Waals surface area contributed by atoms with Crippen molar-refractivity contribution in [2.45, 2.75) is 32.3 Å². The molecule has 0 aliphatic rings. The maximum Gasteiger partial charge on any atom is 0.329 e. The summed E-state index contributed by atoms with van der Waals surface area (Å²) >= 11 is 0. The van der Waals surface area contributed by atoms with Crippen molar-refractivity contribution in [1.82, 2.24) is 0 Å². The van der Waals surface area contributed by atoms with Crippen LogP contribution < -0.4 is 0 Å². The number of ether oxygens (including phenoxy) is 1. The second-order valence-electron chi connectivity index (χ2n) is 2.68. The average molecular weight is 176 g/mol. The Labute approximate surface area is 72.2 Å². The second-order valence-corrected chi connectivity index (χ2v) is 2.68. The Morgan fingerprint density at radius 3 is 2.67 bits per heavy atom. The highest BCUT2D eigenvalue weighted by molar-refractivity contribution is 5.67. The van der Waals surface area contributed by atoms with Gasteiger partial charge in [0.05, 0.1) is 6.10 Å². The summed E-state index contributed by atoms with van der Waals surface area (Å²) in [4.78, 5) is 9.98. The minimum atomic E-state index is -0.972. The smallest absolute Gasteiger partial charge is 0.329 e. The number of aliphatic hydroxyl groups excluding tert-OH is 1. The van der Waals surface area contributed by atoms with Gasteiger partial charge in [-0.2, -0.15) is 0 Å². The van der Waals surface area contributed by atoms with Gasteiger partial charge in [-0.05, 0) is 12.8 Å². The molecule has 0 fully saturated rings. The van der Waals surface area contributed by atoms with E-state index in [0.717, 1.165) is 12.8 Å². The van der Waals surface area contributed by atoms with Gasteiger partial charge in [0, 0.05) is 6.61 Å². The van der Waals surface area contributed by atoms with Crippen LogP contribution in [0.25, 0.3) is 0 Å². The number of rotatable bonds is 7. The van der Waals surface area contributed by atoms with E-state index >= 15 is 0 Å². The summed E-state index contributed by atoms with van der Waals surface area (Å²) in [6.45, 7) is 2.02. The Morgan fingerprint density at radius 2 is 2.17 bits per heavy atom. The predicted octanol–water partition coefficient (Wildman–Crippen LogP) is 0.639. The number of aliphatic carboxylic acids is 1. The molecule has 2 N–H and O–H groups in total. The molecule has 0 saturated carbocycles. The molecule has 0 spiro atoms. The number of hydrogen-bond donors (Lipinski definition) is 2. The topological polar surface area (TPSA) is 66.8 Å². The third-order valence-electron chi connectivity index (χ3n) is 1.44. The maximum absolute atomic E-state index is 9.98. The number of carboxylic acid groups (broad SMARTS) is 1. The lowest BCUT2D eigenvalue weighted by molar-refractivity contribution is -0.142. The van der Waals surface area contributed by atoms with E-state index in [1.807, 2.05) is 6.92 Å². The van der Waals surface area contributed by atoms with Crippen molar-refractivity contribution < 1.29 is 19.7 Å². The summed E-state index contributed by atoms with van der Waals surface area (Å²) in [5.74, 6) is -0.972. The second kappa shape index (κ2) is 7.06. The van der Waals surface area contributed by atoms with Gasteiger partial charge in [-0.15, -0.1) is 0 Å². The lowest BCUT2D eigenvalue weighted by Gasteiger charge is -2.07. The summed E-state index contributed by atoms with van der Waals surface area (Å²) in [6.07, 6.45) is 1.83. The molecule has 1 unspecified atom stereocenters. The van der Waals surface area contributed by atoms with Gasteiger partial charge in [-0.25, -0.2) is 4.79 Å². The standard InChI is InChI=1S/C8H16O4/c1-2-3-7(9)4-5-12-6-8(10)11/h7,9H,2-6H2,1H3,(H,10,11). The molecule has 0 aliphatic carbocycles. The molecule has 0 bridgehead atoms. The fourth-order valence-electron chi connectivity index (χ4n) is 0.856. The van der Waals surface area contributed by atoms with E-state index in [4.69, 9.17) is 9.84 Å². The van der Waals surface area contributed by atoms with Crippen molar-refractivity contribution in [3.8, 4) is 0 Å². The predicted molar refractivity (Wildman–Crippen MR) is 44.0 cm³/mol. The molecule has 0 rings (SSSR count). The zero-order valence-electron chi connectivity index (χ0n) is 7.32. The molecular weight excluding hydrogens is 160 g/mol. The molecule has 1 atom stereocenters. The lowest BCUT2D eigenvalue weighted by Crippen LogP contribution is -2.13. The van der Waals surface area contributed by atoms with E-state index < -0.39 is 5.97 Å². The van der Waals surface area contributed by atoms with Crippen LogP contribution in [0.3, 0.4) is 0 Å². The SMILES string of the molecule is CCCC(O)CCOCC(=O)O. The summed E-state index contributed by atoms with van der Waals surface area (Å²) in [5.41, 5.74) is 0. The normalized spacial score (nSPS) is 12.8. The highest BCUT2D eigenvalue weighted by atomic mass is 16.5. The van der Waals surface area contributed by atoms with Gasteiger partial charge in [0.15, 0.2) is 0 Å². The molecule has 0 radical (unpaired) electrons. The molecule has 72 valence electrons.